The van der Waals surface area contributed by atoms with E-state index in [2.05, 4.69) is 4.98 Å². The summed E-state index contributed by atoms with van der Waals surface area (Å²) in [5.41, 5.74) is 2.03. The fraction of sp³-hybridized carbons (Fsp3) is 0.200. The van der Waals surface area contributed by atoms with E-state index in [0.717, 1.165) is 11.4 Å². The first kappa shape index (κ1) is 10.0. The highest BCUT2D eigenvalue weighted by Gasteiger charge is 2.06. The topological polar surface area (TPSA) is 54.6 Å². The van der Waals surface area contributed by atoms with Crippen LogP contribution < -0.4 is 0 Å². The van der Waals surface area contributed by atoms with Crippen molar-refractivity contribution in [3.63, 3.8) is 0 Å². The molecule has 2 rings (SSSR count). The van der Waals surface area contributed by atoms with Gasteiger partial charge in [0.1, 0.15) is 5.65 Å². The van der Waals surface area contributed by atoms with Crippen molar-refractivity contribution in [1.29, 1.82) is 0 Å². The molecule has 0 amide bonds. The Kier molecular flexibility index (Phi) is 2.64. The highest BCUT2D eigenvalue weighted by Crippen LogP contribution is 2.13. The molecule has 4 nitrogen and oxygen atoms in total. The molecule has 0 bridgehead atoms. The van der Waals surface area contributed by atoms with Crippen LogP contribution in [0.1, 0.15) is 16.1 Å². The number of carbonyl (C=O) groups is 1. The second-order valence-electron chi connectivity index (χ2n) is 3.13. The molecule has 2 aromatic rings. The van der Waals surface area contributed by atoms with E-state index in [1.807, 2.05) is 10.7 Å². The number of imidazole rings is 1. The van der Waals surface area contributed by atoms with Gasteiger partial charge in [-0.1, -0.05) is 0 Å². The Balaban J connectivity index is 2.51. The molecule has 2 heterocycles. The van der Waals surface area contributed by atoms with Crippen LogP contribution in [0.2, 0.25) is 0 Å². The van der Waals surface area contributed by atoms with E-state index in [9.17, 15) is 4.79 Å². The minimum atomic E-state index is -0.924. The van der Waals surface area contributed by atoms with Crippen molar-refractivity contribution in [3.05, 3.63) is 35.8 Å². The first-order valence-electron chi connectivity index (χ1n) is 4.40. The molecular weight excluding hydrogens is 212 g/mol. The molecule has 0 aliphatic rings. The molecule has 0 saturated heterocycles. The van der Waals surface area contributed by atoms with Gasteiger partial charge < -0.3 is 9.51 Å². The number of pyridine rings is 1. The number of thioether (sulfide) groups is 1. The van der Waals surface area contributed by atoms with Crippen molar-refractivity contribution in [2.75, 3.05) is 6.26 Å². The van der Waals surface area contributed by atoms with Gasteiger partial charge in [0.25, 0.3) is 0 Å². The van der Waals surface area contributed by atoms with Crippen molar-refractivity contribution >= 4 is 23.4 Å². The fourth-order valence-corrected chi connectivity index (χ4v) is 1.93. The zero-order chi connectivity index (χ0) is 10.8. The molecule has 15 heavy (non-hydrogen) atoms. The van der Waals surface area contributed by atoms with Gasteiger partial charge in [0.05, 0.1) is 17.5 Å². The second-order valence-corrected chi connectivity index (χ2v) is 4.00. The lowest BCUT2D eigenvalue weighted by Gasteiger charge is -2.00. The van der Waals surface area contributed by atoms with Crippen molar-refractivity contribution in [2.24, 2.45) is 0 Å². The molecule has 2 aromatic heterocycles. The number of hydrogen-bond acceptors (Lipinski definition) is 3. The lowest BCUT2D eigenvalue weighted by Crippen LogP contribution is -1.98. The normalized spacial score (nSPS) is 10.7. The van der Waals surface area contributed by atoms with Crippen LogP contribution in [0.5, 0.6) is 0 Å². The predicted octanol–water partition coefficient (Wildman–Crippen LogP) is 1.90. The van der Waals surface area contributed by atoms with E-state index in [0.29, 0.717) is 5.65 Å². The highest BCUT2D eigenvalue weighted by atomic mass is 32.2. The molecule has 0 radical (unpaired) electrons. The Hall–Kier alpha value is -1.49. The van der Waals surface area contributed by atoms with Crippen molar-refractivity contribution < 1.29 is 9.90 Å². The molecule has 5 heteroatoms. The summed E-state index contributed by atoms with van der Waals surface area (Å²) in [6, 6.07) is 3.16. The van der Waals surface area contributed by atoms with Crippen molar-refractivity contribution in [3.8, 4) is 0 Å². The molecule has 1 N–H and O–H groups in total. The van der Waals surface area contributed by atoms with Gasteiger partial charge in [-0.3, -0.25) is 0 Å². The van der Waals surface area contributed by atoms with Gasteiger partial charge in [-0.25, -0.2) is 9.78 Å². The lowest BCUT2D eigenvalue weighted by atomic mass is 10.3. The van der Waals surface area contributed by atoms with Gasteiger partial charge in [-0.2, -0.15) is 11.8 Å². The van der Waals surface area contributed by atoms with Gasteiger partial charge >= 0.3 is 5.97 Å². The first-order chi connectivity index (χ1) is 7.22. The Morgan fingerprint density at radius 1 is 1.67 bits per heavy atom. The van der Waals surface area contributed by atoms with E-state index in [1.165, 1.54) is 0 Å². The largest absolute Gasteiger partial charge is 0.478 e. The number of fused-ring (bicyclic) bond motifs is 1. The average Bonchev–Trinajstić information content (AvgIpc) is 2.61. The lowest BCUT2D eigenvalue weighted by molar-refractivity contribution is 0.0697. The number of aromatic nitrogens is 2. The molecule has 0 fully saturated rings. The van der Waals surface area contributed by atoms with Crippen LogP contribution in [0.15, 0.2) is 24.5 Å². The summed E-state index contributed by atoms with van der Waals surface area (Å²) in [5, 5.41) is 8.81. The predicted molar refractivity (Wildman–Crippen MR) is 59.4 cm³/mol. The van der Waals surface area contributed by atoms with Gasteiger partial charge in [0, 0.05) is 11.9 Å². The number of nitrogens with zero attached hydrogens (tertiary/aromatic N) is 2. The summed E-state index contributed by atoms with van der Waals surface area (Å²) in [7, 11) is 0. The second kappa shape index (κ2) is 3.94. The summed E-state index contributed by atoms with van der Waals surface area (Å²) in [5.74, 6) is -0.0555. The number of carboxylic acids is 1. The van der Waals surface area contributed by atoms with E-state index in [1.54, 1.807) is 36.3 Å². The van der Waals surface area contributed by atoms with E-state index >= 15 is 0 Å². The molecule has 0 aromatic carbocycles. The highest BCUT2D eigenvalue weighted by molar-refractivity contribution is 7.97. The molecule has 0 spiro atoms. The molecular formula is C10H10N2O2S. The molecule has 78 valence electrons. The molecule has 0 atom stereocenters. The van der Waals surface area contributed by atoms with Gasteiger partial charge in [0.15, 0.2) is 0 Å². The fourth-order valence-electron chi connectivity index (χ4n) is 1.42. The summed E-state index contributed by atoms with van der Waals surface area (Å²) >= 11 is 1.71. The van der Waals surface area contributed by atoms with Crippen molar-refractivity contribution in [2.45, 2.75) is 5.75 Å². The Morgan fingerprint density at radius 3 is 3.13 bits per heavy atom. The van der Waals surface area contributed by atoms with Crippen LogP contribution in [-0.4, -0.2) is 26.7 Å². The molecule has 0 aliphatic carbocycles. The maximum atomic E-state index is 10.7. The van der Waals surface area contributed by atoms with Crippen molar-refractivity contribution in [1.82, 2.24) is 9.38 Å². The van der Waals surface area contributed by atoms with Crippen LogP contribution in [-0.2, 0) is 5.75 Å². The van der Waals surface area contributed by atoms with E-state index < -0.39 is 5.97 Å². The van der Waals surface area contributed by atoms with E-state index in [4.69, 9.17) is 5.11 Å². The molecule has 0 aliphatic heterocycles. The maximum absolute atomic E-state index is 10.7. The third-order valence-corrected chi connectivity index (χ3v) is 2.71. The third-order valence-electron chi connectivity index (χ3n) is 2.13. The monoisotopic (exact) mass is 222 g/mol. The summed E-state index contributed by atoms with van der Waals surface area (Å²) in [6.45, 7) is 0. The number of carboxylic acid groups (broad SMARTS) is 1. The standard InChI is InChI=1S/C10H10N2O2S/c1-15-6-8-5-11-9-4-7(10(13)14)2-3-12(8)9/h2-5H,6H2,1H3,(H,13,14). The first-order valence-corrected chi connectivity index (χ1v) is 5.80. The van der Waals surface area contributed by atoms with Crippen LogP contribution in [0, 0.1) is 0 Å². The minimum Gasteiger partial charge on any atom is -0.478 e. The van der Waals surface area contributed by atoms with E-state index in [-0.39, 0.29) is 5.56 Å². The quantitative estimate of drug-likeness (QED) is 0.861. The molecule has 0 saturated carbocycles. The Labute approximate surface area is 90.9 Å². The van der Waals surface area contributed by atoms with Crippen LogP contribution in [0.4, 0.5) is 0 Å². The molecule has 0 unspecified atom stereocenters. The Bertz CT molecular complexity index is 507. The van der Waals surface area contributed by atoms with Gasteiger partial charge in [-0.05, 0) is 18.4 Å². The number of rotatable bonds is 3. The number of hydrogen-bond donors (Lipinski definition) is 1. The minimum absolute atomic E-state index is 0.267. The van der Waals surface area contributed by atoms with Gasteiger partial charge in [-0.15, -0.1) is 0 Å². The van der Waals surface area contributed by atoms with Gasteiger partial charge in [0.2, 0.25) is 0 Å². The van der Waals surface area contributed by atoms with Crippen LogP contribution >= 0.6 is 11.8 Å². The zero-order valence-corrected chi connectivity index (χ0v) is 8.99. The summed E-state index contributed by atoms with van der Waals surface area (Å²) in [4.78, 5) is 14.9. The number of aromatic carboxylic acids is 1. The zero-order valence-electron chi connectivity index (χ0n) is 8.17. The smallest absolute Gasteiger partial charge is 0.335 e. The third kappa shape index (κ3) is 1.83. The Morgan fingerprint density at radius 2 is 2.47 bits per heavy atom. The van der Waals surface area contributed by atoms with Crippen LogP contribution in [0.3, 0.4) is 0 Å². The average molecular weight is 222 g/mol. The summed E-state index contributed by atoms with van der Waals surface area (Å²) in [6.07, 6.45) is 5.54. The SMILES string of the molecule is CSCc1cnc2cc(C(=O)O)ccn12. The van der Waals surface area contributed by atoms with Crippen LogP contribution in [0.25, 0.3) is 5.65 Å². The maximum Gasteiger partial charge on any atom is 0.335 e. The summed E-state index contributed by atoms with van der Waals surface area (Å²) < 4.78 is 1.91.